The molecule has 0 spiro atoms. The molecule has 1 aliphatic heterocycles. The van der Waals surface area contributed by atoms with Gasteiger partial charge in [-0.1, -0.05) is 13.3 Å². The third-order valence-corrected chi connectivity index (χ3v) is 2.46. The fourth-order valence-electron chi connectivity index (χ4n) is 1.77. The number of carboxylic acids is 2. The Morgan fingerprint density at radius 3 is 2.50 bits per heavy atom. The van der Waals surface area contributed by atoms with Crippen LogP contribution >= 0.6 is 0 Å². The van der Waals surface area contributed by atoms with Gasteiger partial charge in [0.25, 0.3) is 0 Å². The van der Waals surface area contributed by atoms with Gasteiger partial charge in [0.05, 0.1) is 11.1 Å². The summed E-state index contributed by atoms with van der Waals surface area (Å²) >= 11 is 0. The van der Waals surface area contributed by atoms with E-state index in [1.807, 2.05) is 6.92 Å². The lowest BCUT2D eigenvalue weighted by Crippen LogP contribution is -2.10. The topological polar surface area (TPSA) is 87.1 Å². The van der Waals surface area contributed by atoms with Gasteiger partial charge >= 0.3 is 11.9 Å². The average Bonchev–Trinajstić information content (AvgIpc) is 2.95. The SMILES string of the molecule is CCCc1c2c(cc(C(=O)O)c1C(=O)O)O2. The van der Waals surface area contributed by atoms with Crippen molar-refractivity contribution in [3.8, 4) is 11.5 Å². The molecule has 0 radical (unpaired) electrons. The Hall–Kier alpha value is -2.04. The molecule has 16 heavy (non-hydrogen) atoms. The Labute approximate surface area is 91.3 Å². The molecule has 0 saturated heterocycles. The molecular weight excluding hydrogens is 212 g/mol. The number of hydrogen-bond acceptors (Lipinski definition) is 3. The predicted octanol–water partition coefficient (Wildman–Crippen LogP) is 2.14. The minimum Gasteiger partial charge on any atom is -0.478 e. The number of ether oxygens (including phenoxy) is 1. The fraction of sp³-hybridized carbons (Fsp3) is 0.273. The molecular formula is C11H10O5. The fourth-order valence-corrected chi connectivity index (χ4v) is 1.77. The summed E-state index contributed by atoms with van der Waals surface area (Å²) in [6, 6.07) is 1.26. The minimum atomic E-state index is -1.24. The van der Waals surface area contributed by atoms with Gasteiger partial charge in [-0.2, -0.15) is 0 Å². The zero-order valence-corrected chi connectivity index (χ0v) is 8.61. The summed E-state index contributed by atoms with van der Waals surface area (Å²) in [5, 5.41) is 18.0. The van der Waals surface area contributed by atoms with Crippen molar-refractivity contribution in [1.82, 2.24) is 0 Å². The number of carbonyl (C=O) groups is 2. The van der Waals surface area contributed by atoms with Gasteiger partial charge in [0.15, 0.2) is 11.5 Å². The third-order valence-electron chi connectivity index (χ3n) is 2.46. The summed E-state index contributed by atoms with van der Waals surface area (Å²) in [5.74, 6) is -1.46. The summed E-state index contributed by atoms with van der Waals surface area (Å²) in [7, 11) is 0. The third kappa shape index (κ3) is 1.50. The molecule has 5 nitrogen and oxygen atoms in total. The summed E-state index contributed by atoms with van der Waals surface area (Å²) in [4.78, 5) is 22.0. The van der Waals surface area contributed by atoms with E-state index in [1.54, 1.807) is 0 Å². The summed E-state index contributed by atoms with van der Waals surface area (Å²) in [6.45, 7) is 1.90. The van der Waals surface area contributed by atoms with Gasteiger partial charge in [0, 0.05) is 11.6 Å². The van der Waals surface area contributed by atoms with Crippen LogP contribution in [0.2, 0.25) is 0 Å². The zero-order chi connectivity index (χ0) is 11.9. The van der Waals surface area contributed by atoms with E-state index in [1.165, 1.54) is 6.07 Å². The van der Waals surface area contributed by atoms with Crippen LogP contribution in [-0.4, -0.2) is 22.2 Å². The van der Waals surface area contributed by atoms with Gasteiger partial charge in [0.2, 0.25) is 0 Å². The second kappa shape index (κ2) is 3.52. The second-order valence-corrected chi connectivity index (χ2v) is 3.57. The zero-order valence-electron chi connectivity index (χ0n) is 8.61. The van der Waals surface area contributed by atoms with Crippen LogP contribution in [0.3, 0.4) is 0 Å². The van der Waals surface area contributed by atoms with E-state index in [4.69, 9.17) is 14.9 Å². The molecule has 0 aliphatic carbocycles. The van der Waals surface area contributed by atoms with Crippen LogP contribution in [0.25, 0.3) is 0 Å². The predicted molar refractivity (Wildman–Crippen MR) is 54.4 cm³/mol. The molecule has 0 bridgehead atoms. The standard InChI is InChI=1S/C11H10O5/c1-2-3-5-8(11(14)15)6(10(12)13)4-7-9(5)16-7/h4H,2-3H2,1H3,(H,12,13)(H,14,15). The van der Waals surface area contributed by atoms with Gasteiger partial charge < -0.3 is 14.9 Å². The number of hydrogen-bond donors (Lipinski definition) is 2. The Morgan fingerprint density at radius 2 is 2.00 bits per heavy atom. The molecule has 0 atom stereocenters. The second-order valence-electron chi connectivity index (χ2n) is 3.57. The van der Waals surface area contributed by atoms with Crippen molar-refractivity contribution < 1.29 is 24.5 Å². The van der Waals surface area contributed by atoms with Gasteiger partial charge in [-0.3, -0.25) is 0 Å². The first-order valence-corrected chi connectivity index (χ1v) is 4.90. The molecule has 0 aromatic heterocycles. The lowest BCUT2D eigenvalue weighted by molar-refractivity contribution is 0.0650. The lowest BCUT2D eigenvalue weighted by Gasteiger charge is -2.04. The van der Waals surface area contributed by atoms with Crippen LogP contribution in [0, 0.1) is 0 Å². The largest absolute Gasteiger partial charge is 0.478 e. The van der Waals surface area contributed by atoms with Crippen LogP contribution < -0.4 is 4.74 Å². The maximum atomic E-state index is 11.1. The van der Waals surface area contributed by atoms with Crippen molar-refractivity contribution in [2.24, 2.45) is 0 Å². The quantitative estimate of drug-likeness (QED) is 0.774. The van der Waals surface area contributed by atoms with Crippen LogP contribution in [0.4, 0.5) is 0 Å². The average molecular weight is 222 g/mol. The van der Waals surface area contributed by atoms with Crippen LogP contribution in [0.1, 0.15) is 39.6 Å². The molecule has 0 fully saturated rings. The van der Waals surface area contributed by atoms with E-state index < -0.39 is 11.9 Å². The number of carboxylic acid groups (broad SMARTS) is 2. The molecule has 1 aromatic rings. The molecule has 2 rings (SSSR count). The monoisotopic (exact) mass is 222 g/mol. The van der Waals surface area contributed by atoms with Gasteiger partial charge in [-0.25, -0.2) is 9.59 Å². The Kier molecular flexibility index (Phi) is 2.30. The van der Waals surface area contributed by atoms with Crippen LogP contribution in [0.15, 0.2) is 6.07 Å². The van der Waals surface area contributed by atoms with Gasteiger partial charge in [-0.15, -0.1) is 0 Å². The molecule has 1 aromatic carbocycles. The number of aromatic carboxylic acids is 2. The summed E-state index contributed by atoms with van der Waals surface area (Å²) in [6.07, 6.45) is 1.24. The molecule has 5 heteroatoms. The lowest BCUT2D eigenvalue weighted by atomic mass is 9.98. The highest BCUT2D eigenvalue weighted by Crippen LogP contribution is 2.51. The molecule has 1 heterocycles. The smallest absolute Gasteiger partial charge is 0.336 e. The Balaban J connectivity index is 2.64. The highest BCUT2D eigenvalue weighted by molar-refractivity contribution is 6.04. The first-order valence-electron chi connectivity index (χ1n) is 4.90. The van der Waals surface area contributed by atoms with E-state index in [-0.39, 0.29) is 11.1 Å². The van der Waals surface area contributed by atoms with Crippen molar-refractivity contribution in [2.75, 3.05) is 0 Å². The van der Waals surface area contributed by atoms with E-state index in [0.29, 0.717) is 23.5 Å². The summed E-state index contributed by atoms with van der Waals surface area (Å²) in [5.41, 5.74) is 0.141. The Bertz CT molecular complexity index is 490. The highest BCUT2D eigenvalue weighted by atomic mass is 16.6. The number of rotatable bonds is 4. The molecule has 2 N–H and O–H groups in total. The van der Waals surface area contributed by atoms with E-state index in [2.05, 4.69) is 0 Å². The van der Waals surface area contributed by atoms with Crippen molar-refractivity contribution in [3.05, 3.63) is 22.8 Å². The van der Waals surface area contributed by atoms with Crippen LogP contribution in [-0.2, 0) is 6.42 Å². The normalized spacial score (nSPS) is 11.6. The molecule has 0 unspecified atom stereocenters. The molecule has 0 saturated carbocycles. The van der Waals surface area contributed by atoms with Crippen molar-refractivity contribution in [1.29, 1.82) is 0 Å². The van der Waals surface area contributed by atoms with E-state index >= 15 is 0 Å². The van der Waals surface area contributed by atoms with Crippen molar-refractivity contribution in [3.63, 3.8) is 0 Å². The van der Waals surface area contributed by atoms with Gasteiger partial charge in [0.1, 0.15) is 0 Å². The first-order chi connectivity index (χ1) is 7.56. The first kappa shape index (κ1) is 10.5. The molecule has 1 aliphatic rings. The van der Waals surface area contributed by atoms with Gasteiger partial charge in [-0.05, 0) is 6.42 Å². The van der Waals surface area contributed by atoms with E-state index in [9.17, 15) is 9.59 Å². The Morgan fingerprint density at radius 1 is 1.31 bits per heavy atom. The number of fused-ring (bicyclic) bond motifs is 1. The van der Waals surface area contributed by atoms with Crippen LogP contribution in [0.5, 0.6) is 11.5 Å². The number of benzene rings is 1. The molecule has 84 valence electrons. The van der Waals surface area contributed by atoms with E-state index in [0.717, 1.165) is 6.42 Å². The molecule has 0 amide bonds. The maximum absolute atomic E-state index is 11.1. The van der Waals surface area contributed by atoms with Crippen molar-refractivity contribution in [2.45, 2.75) is 19.8 Å². The van der Waals surface area contributed by atoms with Crippen molar-refractivity contribution >= 4 is 11.9 Å². The highest BCUT2D eigenvalue weighted by Gasteiger charge is 2.33. The summed E-state index contributed by atoms with van der Waals surface area (Å²) < 4.78 is 5.08. The maximum Gasteiger partial charge on any atom is 0.336 e. The minimum absolute atomic E-state index is 0.148.